The van der Waals surface area contributed by atoms with E-state index in [0.29, 0.717) is 27.7 Å². The maximum atomic E-state index is 13.1. The molecule has 1 amide bonds. The molecular weight excluding hydrogens is 371 g/mol. The minimum atomic E-state index is -4.83. The van der Waals surface area contributed by atoms with E-state index in [-0.39, 0.29) is 5.16 Å². The molecule has 2 aromatic rings. The molecule has 4 rings (SSSR count). The Bertz CT molecular complexity index is 1010. The molecule has 132 valence electrons. The first kappa shape index (κ1) is 16.4. The number of rotatable bonds is 0. The molecule has 2 aliphatic rings. The molecule has 1 aromatic carbocycles. The van der Waals surface area contributed by atoms with Crippen molar-refractivity contribution < 1.29 is 18.0 Å². The van der Waals surface area contributed by atoms with Crippen LogP contribution in [0.25, 0.3) is 0 Å². The lowest BCUT2D eigenvalue weighted by atomic mass is 9.86. The van der Waals surface area contributed by atoms with E-state index in [4.69, 9.17) is 5.73 Å². The number of aromatic nitrogens is 3. The van der Waals surface area contributed by atoms with Gasteiger partial charge in [-0.05, 0) is 6.07 Å². The first-order valence-electron chi connectivity index (χ1n) is 7.15. The summed E-state index contributed by atoms with van der Waals surface area (Å²) in [6, 6.07) is 8.47. The zero-order valence-corrected chi connectivity index (χ0v) is 13.5. The summed E-state index contributed by atoms with van der Waals surface area (Å²) in [5.74, 6) is -3.71. The van der Waals surface area contributed by atoms with Crippen molar-refractivity contribution in [3.63, 3.8) is 0 Å². The molecule has 8 nitrogen and oxygen atoms in total. The average Bonchev–Trinajstić information content (AvgIpc) is 3.05. The number of fused-ring (bicyclic) bond motifs is 3. The van der Waals surface area contributed by atoms with Gasteiger partial charge >= 0.3 is 6.18 Å². The quantitative estimate of drug-likeness (QED) is 0.715. The number of carbonyl (C=O) groups is 1. The van der Waals surface area contributed by atoms with E-state index < -0.39 is 34.4 Å². The first-order valence-corrected chi connectivity index (χ1v) is 7.97. The molecule has 0 saturated carbocycles. The molecular formula is C14H8F3N7OS. The van der Waals surface area contributed by atoms with Crippen LogP contribution in [0.4, 0.5) is 18.9 Å². The first-order chi connectivity index (χ1) is 12.3. The minimum Gasteiger partial charge on any atom is -0.385 e. The number of amides is 1. The number of benzene rings is 1. The summed E-state index contributed by atoms with van der Waals surface area (Å²) in [6.45, 7) is 0. The number of halogens is 3. The number of nitrogens with zero attached hydrogens (tertiary/aromatic N) is 5. The summed E-state index contributed by atoms with van der Waals surface area (Å²) in [4.78, 5) is 12.8. The number of carbonyl (C=O) groups excluding carboxylic acids is 1. The fourth-order valence-corrected chi connectivity index (χ4v) is 4.29. The lowest BCUT2D eigenvalue weighted by Crippen LogP contribution is -2.44. The van der Waals surface area contributed by atoms with Crippen molar-refractivity contribution in [3.05, 3.63) is 35.7 Å². The highest BCUT2D eigenvalue weighted by molar-refractivity contribution is 8.01. The number of nitriles is 1. The van der Waals surface area contributed by atoms with Gasteiger partial charge in [0.05, 0.1) is 6.07 Å². The normalized spacial score (nSPS) is 24.3. The second kappa shape index (κ2) is 5.21. The van der Waals surface area contributed by atoms with Crippen LogP contribution in [0.3, 0.4) is 0 Å². The predicted octanol–water partition coefficient (Wildman–Crippen LogP) is 1.51. The van der Waals surface area contributed by atoms with Crippen LogP contribution in [0.15, 0.2) is 34.5 Å². The van der Waals surface area contributed by atoms with Crippen molar-refractivity contribution in [2.24, 2.45) is 16.8 Å². The molecule has 0 aliphatic carbocycles. The molecule has 0 unspecified atom stereocenters. The van der Waals surface area contributed by atoms with E-state index in [9.17, 15) is 23.2 Å². The predicted molar refractivity (Wildman–Crippen MR) is 83.8 cm³/mol. The van der Waals surface area contributed by atoms with Gasteiger partial charge in [-0.15, -0.1) is 15.3 Å². The summed E-state index contributed by atoms with van der Waals surface area (Å²) in [6.07, 6.45) is -4.83. The minimum absolute atomic E-state index is 0.287. The third kappa shape index (κ3) is 2.03. The second-order valence-corrected chi connectivity index (χ2v) is 6.75. The van der Waals surface area contributed by atoms with Gasteiger partial charge in [0.2, 0.25) is 11.1 Å². The van der Waals surface area contributed by atoms with Crippen molar-refractivity contribution in [1.82, 2.24) is 14.9 Å². The van der Waals surface area contributed by atoms with E-state index in [2.05, 4.69) is 20.6 Å². The highest BCUT2D eigenvalue weighted by atomic mass is 32.2. The van der Waals surface area contributed by atoms with Crippen molar-refractivity contribution in [3.8, 4) is 6.07 Å². The van der Waals surface area contributed by atoms with Crippen LogP contribution >= 0.6 is 11.8 Å². The smallest absolute Gasteiger partial charge is 0.385 e. The van der Waals surface area contributed by atoms with E-state index >= 15 is 0 Å². The van der Waals surface area contributed by atoms with Crippen molar-refractivity contribution in [2.45, 2.75) is 16.1 Å². The molecule has 26 heavy (non-hydrogen) atoms. The molecule has 3 heterocycles. The van der Waals surface area contributed by atoms with Crippen LogP contribution in [0, 0.1) is 17.2 Å². The maximum absolute atomic E-state index is 13.1. The fraction of sp³-hybridized carbons (Fsp3) is 0.214. The van der Waals surface area contributed by atoms with Gasteiger partial charge in [0.15, 0.2) is 4.75 Å². The lowest BCUT2D eigenvalue weighted by Gasteiger charge is -2.28. The Balaban J connectivity index is 2.00. The number of hydrogen-bond acceptors (Lipinski definition) is 7. The number of para-hydroxylation sites is 1. The van der Waals surface area contributed by atoms with Crippen LogP contribution in [-0.2, 0) is 15.7 Å². The van der Waals surface area contributed by atoms with Crippen LogP contribution in [0.5, 0.6) is 0 Å². The van der Waals surface area contributed by atoms with Crippen molar-refractivity contribution in [2.75, 3.05) is 5.32 Å². The number of nitrogens with one attached hydrogen (secondary N) is 1. The molecule has 12 heteroatoms. The third-order valence-electron chi connectivity index (χ3n) is 4.08. The SMILES string of the molecule is N#C[C@@H]1C(N)=Nn2c(nnc2C(F)(F)F)S[C@@]12C(=O)Nc1ccccc12. The molecule has 0 saturated heterocycles. The van der Waals surface area contributed by atoms with Crippen LogP contribution in [0.1, 0.15) is 11.4 Å². The molecule has 2 aliphatic heterocycles. The van der Waals surface area contributed by atoms with Gasteiger partial charge in [0.25, 0.3) is 5.82 Å². The lowest BCUT2D eigenvalue weighted by molar-refractivity contribution is -0.147. The van der Waals surface area contributed by atoms with E-state index in [1.165, 1.54) is 0 Å². The van der Waals surface area contributed by atoms with Crippen molar-refractivity contribution >= 4 is 29.2 Å². The highest BCUT2D eigenvalue weighted by Crippen LogP contribution is 2.54. The molecule has 1 aromatic heterocycles. The summed E-state index contributed by atoms with van der Waals surface area (Å²) in [5, 5.41) is 22.3. The van der Waals surface area contributed by atoms with Gasteiger partial charge in [0.1, 0.15) is 11.8 Å². The van der Waals surface area contributed by atoms with Crippen LogP contribution < -0.4 is 11.1 Å². The summed E-state index contributed by atoms with van der Waals surface area (Å²) in [7, 11) is 0. The molecule has 0 fully saturated rings. The van der Waals surface area contributed by atoms with Crippen LogP contribution in [-0.4, -0.2) is 26.6 Å². The van der Waals surface area contributed by atoms with Gasteiger partial charge in [-0.1, -0.05) is 30.0 Å². The molecule has 1 spiro atoms. The number of thioether (sulfide) groups is 1. The Morgan fingerprint density at radius 2 is 2.08 bits per heavy atom. The Labute approximate surface area is 147 Å². The maximum Gasteiger partial charge on any atom is 0.453 e. The van der Waals surface area contributed by atoms with E-state index in [1.54, 1.807) is 24.3 Å². The van der Waals surface area contributed by atoms with E-state index in [1.807, 2.05) is 6.07 Å². The fourth-order valence-electron chi connectivity index (χ4n) is 2.98. The zero-order valence-electron chi connectivity index (χ0n) is 12.7. The number of alkyl halides is 3. The van der Waals surface area contributed by atoms with Gasteiger partial charge in [0, 0.05) is 11.3 Å². The highest BCUT2D eigenvalue weighted by Gasteiger charge is 2.58. The number of hydrogen-bond donors (Lipinski definition) is 2. The van der Waals surface area contributed by atoms with Gasteiger partial charge in [-0.3, -0.25) is 4.79 Å². The van der Waals surface area contributed by atoms with E-state index in [0.717, 1.165) is 0 Å². The standard InChI is InChI=1S/C14H8F3N7OS/c15-14(16,17)10-21-22-12-24(10)23-9(19)7(5-18)13(26-12)6-3-1-2-4-8(6)20-11(13)25/h1-4,7H,(H2,19,23)(H,20,25)/t7-,13-/m1/s1. The Hall–Kier alpha value is -3.07. The molecule has 0 radical (unpaired) electrons. The van der Waals surface area contributed by atoms with Gasteiger partial charge < -0.3 is 11.1 Å². The third-order valence-corrected chi connectivity index (χ3v) is 5.48. The van der Waals surface area contributed by atoms with Crippen LogP contribution in [0.2, 0.25) is 0 Å². The van der Waals surface area contributed by atoms with Gasteiger partial charge in [-0.2, -0.15) is 23.1 Å². The number of anilines is 1. The molecule has 3 N–H and O–H groups in total. The Morgan fingerprint density at radius 3 is 2.77 bits per heavy atom. The largest absolute Gasteiger partial charge is 0.453 e. The molecule has 2 atom stereocenters. The molecule has 0 bridgehead atoms. The average molecular weight is 379 g/mol. The Morgan fingerprint density at radius 1 is 1.35 bits per heavy atom. The zero-order chi connectivity index (χ0) is 18.7. The Kier molecular flexibility index (Phi) is 3.29. The number of amidine groups is 1. The summed E-state index contributed by atoms with van der Waals surface area (Å²) >= 11 is 0.672. The summed E-state index contributed by atoms with van der Waals surface area (Å²) < 4.78 is 38.2. The second-order valence-electron chi connectivity index (χ2n) is 5.54. The van der Waals surface area contributed by atoms with Gasteiger partial charge in [-0.25, -0.2) is 0 Å². The number of nitrogens with two attached hydrogens (primary N) is 1. The topological polar surface area (TPSA) is 122 Å². The summed E-state index contributed by atoms with van der Waals surface area (Å²) in [5.41, 5.74) is 6.71. The monoisotopic (exact) mass is 379 g/mol. The van der Waals surface area contributed by atoms with Crippen molar-refractivity contribution in [1.29, 1.82) is 5.26 Å².